The van der Waals surface area contributed by atoms with Crippen molar-refractivity contribution in [3.05, 3.63) is 34.6 Å². The summed E-state index contributed by atoms with van der Waals surface area (Å²) in [6.07, 6.45) is 0.231. The van der Waals surface area contributed by atoms with Crippen molar-refractivity contribution in [2.75, 3.05) is 13.1 Å². The van der Waals surface area contributed by atoms with Crippen LogP contribution in [0.4, 0.5) is 4.39 Å². The van der Waals surface area contributed by atoms with Gasteiger partial charge >= 0.3 is 0 Å². The first-order chi connectivity index (χ1) is 8.10. The zero-order valence-corrected chi connectivity index (χ0v) is 10.2. The van der Waals surface area contributed by atoms with Gasteiger partial charge in [-0.15, -0.1) is 0 Å². The first-order valence-corrected chi connectivity index (χ1v) is 5.59. The molecule has 0 heterocycles. The standard InChI is InChI=1S/C12H12ClFN2O/c1-2-16(7-3-6-15)12(17)10-5-4-9(13)8-11(10)14/h4-5,8H,2-3,7H2,1H3. The number of hydrogen-bond acceptors (Lipinski definition) is 2. The molecule has 0 bridgehead atoms. The van der Waals surface area contributed by atoms with E-state index in [0.29, 0.717) is 13.1 Å². The van der Waals surface area contributed by atoms with Gasteiger partial charge < -0.3 is 4.90 Å². The van der Waals surface area contributed by atoms with Gasteiger partial charge in [0.1, 0.15) is 5.82 Å². The van der Waals surface area contributed by atoms with Crippen molar-refractivity contribution in [3.8, 4) is 6.07 Å². The van der Waals surface area contributed by atoms with Crippen LogP contribution in [0.1, 0.15) is 23.7 Å². The molecule has 0 aliphatic heterocycles. The Bertz CT molecular complexity index is 456. The summed E-state index contributed by atoms with van der Waals surface area (Å²) in [6, 6.07) is 5.88. The van der Waals surface area contributed by atoms with E-state index in [1.165, 1.54) is 17.0 Å². The van der Waals surface area contributed by atoms with Crippen molar-refractivity contribution in [2.45, 2.75) is 13.3 Å². The first-order valence-electron chi connectivity index (χ1n) is 5.21. The summed E-state index contributed by atoms with van der Waals surface area (Å²) in [6.45, 7) is 2.51. The molecule has 0 aliphatic carbocycles. The van der Waals surface area contributed by atoms with Gasteiger partial charge in [-0.3, -0.25) is 4.79 Å². The molecule has 0 spiro atoms. The Balaban J connectivity index is 2.90. The molecule has 0 aromatic heterocycles. The lowest BCUT2D eigenvalue weighted by atomic mass is 10.2. The molecule has 1 aromatic carbocycles. The molecule has 0 saturated heterocycles. The van der Waals surface area contributed by atoms with Gasteiger partial charge in [-0.25, -0.2) is 4.39 Å². The Kier molecular flexibility index (Phi) is 4.92. The van der Waals surface area contributed by atoms with E-state index in [4.69, 9.17) is 16.9 Å². The number of nitriles is 1. The number of amides is 1. The minimum Gasteiger partial charge on any atom is -0.338 e. The fraction of sp³-hybridized carbons (Fsp3) is 0.333. The number of carbonyl (C=O) groups excluding carboxylic acids is 1. The van der Waals surface area contributed by atoms with E-state index >= 15 is 0 Å². The Morgan fingerprint density at radius 2 is 2.29 bits per heavy atom. The topological polar surface area (TPSA) is 44.1 Å². The monoisotopic (exact) mass is 254 g/mol. The SMILES string of the molecule is CCN(CCC#N)C(=O)c1ccc(Cl)cc1F. The van der Waals surface area contributed by atoms with Gasteiger partial charge in [0.15, 0.2) is 0 Å². The van der Waals surface area contributed by atoms with Crippen LogP contribution in [-0.4, -0.2) is 23.9 Å². The minimum atomic E-state index is -0.641. The number of halogens is 2. The highest BCUT2D eigenvalue weighted by Crippen LogP contribution is 2.16. The molecule has 5 heteroatoms. The maximum absolute atomic E-state index is 13.5. The lowest BCUT2D eigenvalue weighted by Crippen LogP contribution is -2.32. The van der Waals surface area contributed by atoms with E-state index in [1.807, 2.05) is 6.07 Å². The highest BCUT2D eigenvalue weighted by molar-refractivity contribution is 6.30. The van der Waals surface area contributed by atoms with E-state index in [9.17, 15) is 9.18 Å². The molecule has 17 heavy (non-hydrogen) atoms. The summed E-state index contributed by atoms with van der Waals surface area (Å²) in [4.78, 5) is 13.4. The van der Waals surface area contributed by atoms with Crippen molar-refractivity contribution < 1.29 is 9.18 Å². The number of rotatable bonds is 4. The normalized spacial score (nSPS) is 9.76. The van der Waals surface area contributed by atoms with Gasteiger partial charge in [0.05, 0.1) is 18.1 Å². The van der Waals surface area contributed by atoms with Gasteiger partial charge in [-0.05, 0) is 25.1 Å². The third-order valence-corrected chi connectivity index (χ3v) is 2.56. The van der Waals surface area contributed by atoms with Crippen molar-refractivity contribution in [1.29, 1.82) is 5.26 Å². The minimum absolute atomic E-state index is 0.0193. The van der Waals surface area contributed by atoms with E-state index < -0.39 is 11.7 Å². The fourth-order valence-corrected chi connectivity index (χ4v) is 1.58. The zero-order valence-electron chi connectivity index (χ0n) is 9.41. The summed E-state index contributed by atoms with van der Waals surface area (Å²) in [5, 5.41) is 8.72. The van der Waals surface area contributed by atoms with Crippen LogP contribution in [0, 0.1) is 17.1 Å². The van der Waals surface area contributed by atoms with Crippen LogP contribution in [-0.2, 0) is 0 Å². The summed E-state index contributed by atoms with van der Waals surface area (Å²) >= 11 is 5.61. The third kappa shape index (κ3) is 3.43. The molecular formula is C12H12ClFN2O. The molecule has 0 unspecified atom stereocenters. The second-order valence-electron chi connectivity index (χ2n) is 3.42. The number of benzene rings is 1. The Labute approximate surface area is 104 Å². The van der Waals surface area contributed by atoms with Crippen LogP contribution in [0.2, 0.25) is 5.02 Å². The van der Waals surface area contributed by atoms with E-state index in [2.05, 4.69) is 0 Å². The molecular weight excluding hydrogens is 243 g/mol. The second-order valence-corrected chi connectivity index (χ2v) is 3.85. The molecule has 0 N–H and O–H groups in total. The van der Waals surface area contributed by atoms with E-state index in [1.54, 1.807) is 6.92 Å². The molecule has 3 nitrogen and oxygen atoms in total. The quantitative estimate of drug-likeness (QED) is 0.829. The molecule has 90 valence electrons. The summed E-state index contributed by atoms with van der Waals surface area (Å²) in [5.74, 6) is -1.06. The lowest BCUT2D eigenvalue weighted by molar-refractivity contribution is 0.0763. The molecule has 1 aromatic rings. The largest absolute Gasteiger partial charge is 0.338 e. The van der Waals surface area contributed by atoms with Crippen molar-refractivity contribution in [2.24, 2.45) is 0 Å². The molecule has 0 atom stereocenters. The Morgan fingerprint density at radius 1 is 1.59 bits per heavy atom. The predicted octanol–water partition coefficient (Wildman–Crippen LogP) is 2.85. The third-order valence-electron chi connectivity index (χ3n) is 2.32. The average molecular weight is 255 g/mol. The first kappa shape index (κ1) is 13.5. The van der Waals surface area contributed by atoms with Crippen molar-refractivity contribution in [3.63, 3.8) is 0 Å². The van der Waals surface area contributed by atoms with Crippen molar-refractivity contribution >= 4 is 17.5 Å². The lowest BCUT2D eigenvalue weighted by Gasteiger charge is -2.19. The van der Waals surface area contributed by atoms with E-state index in [-0.39, 0.29) is 17.0 Å². The smallest absolute Gasteiger partial charge is 0.256 e. The van der Waals surface area contributed by atoms with Crippen molar-refractivity contribution in [1.82, 2.24) is 4.90 Å². The van der Waals surface area contributed by atoms with Gasteiger partial charge in [0.2, 0.25) is 0 Å². The second kappa shape index (κ2) is 6.21. The van der Waals surface area contributed by atoms with E-state index in [0.717, 1.165) is 6.07 Å². The number of nitrogens with zero attached hydrogens (tertiary/aromatic N) is 2. The van der Waals surface area contributed by atoms with Gasteiger partial charge in [-0.1, -0.05) is 11.6 Å². The molecule has 0 saturated carbocycles. The highest BCUT2D eigenvalue weighted by Gasteiger charge is 2.17. The summed E-state index contributed by atoms with van der Waals surface area (Å²) in [5.41, 5.74) is -0.0193. The molecule has 0 aliphatic rings. The van der Waals surface area contributed by atoms with Crippen LogP contribution in [0.25, 0.3) is 0 Å². The van der Waals surface area contributed by atoms with Crippen LogP contribution in [0.5, 0.6) is 0 Å². The van der Waals surface area contributed by atoms with Crippen LogP contribution < -0.4 is 0 Å². The fourth-order valence-electron chi connectivity index (χ4n) is 1.42. The maximum Gasteiger partial charge on any atom is 0.256 e. The highest BCUT2D eigenvalue weighted by atomic mass is 35.5. The van der Waals surface area contributed by atoms with Gasteiger partial charge in [-0.2, -0.15) is 5.26 Å². The zero-order chi connectivity index (χ0) is 12.8. The van der Waals surface area contributed by atoms with Gasteiger partial charge in [0, 0.05) is 18.1 Å². The van der Waals surface area contributed by atoms with Crippen LogP contribution in [0.15, 0.2) is 18.2 Å². The number of carbonyl (C=O) groups is 1. The predicted molar refractivity (Wildman–Crippen MR) is 63.2 cm³/mol. The Morgan fingerprint density at radius 3 is 2.82 bits per heavy atom. The molecule has 1 amide bonds. The molecule has 0 fully saturated rings. The maximum atomic E-state index is 13.5. The Hall–Kier alpha value is -1.60. The average Bonchev–Trinajstić information content (AvgIpc) is 2.29. The number of hydrogen-bond donors (Lipinski definition) is 0. The van der Waals surface area contributed by atoms with Gasteiger partial charge in [0.25, 0.3) is 5.91 Å². The van der Waals surface area contributed by atoms with Crippen LogP contribution >= 0.6 is 11.6 Å². The summed E-state index contributed by atoms with van der Waals surface area (Å²) < 4.78 is 13.5. The summed E-state index contributed by atoms with van der Waals surface area (Å²) in [7, 11) is 0. The molecule has 0 radical (unpaired) electrons. The molecule has 1 rings (SSSR count). The van der Waals surface area contributed by atoms with Crippen LogP contribution in [0.3, 0.4) is 0 Å².